The van der Waals surface area contributed by atoms with E-state index in [1.807, 2.05) is 42.6 Å². The van der Waals surface area contributed by atoms with Gasteiger partial charge in [-0.2, -0.15) is 0 Å². The molecule has 2 aliphatic heterocycles. The molecule has 4 heterocycles. The summed E-state index contributed by atoms with van der Waals surface area (Å²) in [5.74, 6) is 0.820. The summed E-state index contributed by atoms with van der Waals surface area (Å²) in [5.41, 5.74) is 5.47. The monoisotopic (exact) mass is 674 g/mol. The van der Waals surface area contributed by atoms with Gasteiger partial charge in [0.05, 0.1) is 28.7 Å². The second kappa shape index (κ2) is 14.5. The number of nitrogens with zero attached hydrogens (tertiary/aromatic N) is 2. The van der Waals surface area contributed by atoms with Gasteiger partial charge in [-0.05, 0) is 88.8 Å². The summed E-state index contributed by atoms with van der Waals surface area (Å²) in [7, 11) is -1.04. The van der Waals surface area contributed by atoms with E-state index in [-0.39, 0.29) is 12.1 Å². The molecule has 0 radical (unpaired) electrons. The molecule has 2 saturated heterocycles. The number of fused-ring (bicyclic) bond motifs is 3. The molecule has 2 aromatic heterocycles. The van der Waals surface area contributed by atoms with Crippen LogP contribution in [0.25, 0.3) is 21.9 Å². The van der Waals surface area contributed by atoms with Crippen LogP contribution in [0.1, 0.15) is 49.0 Å². The quantitative estimate of drug-likeness (QED) is 0.199. The molecular weight excluding hydrogens is 636 g/mol. The summed E-state index contributed by atoms with van der Waals surface area (Å²) in [4.78, 5) is 5.59. The lowest BCUT2D eigenvalue weighted by Crippen LogP contribution is -2.26. The van der Waals surface area contributed by atoms with Crippen LogP contribution in [-0.2, 0) is 20.3 Å². The van der Waals surface area contributed by atoms with Crippen molar-refractivity contribution in [2.75, 3.05) is 32.7 Å². The van der Waals surface area contributed by atoms with Crippen molar-refractivity contribution in [3.05, 3.63) is 107 Å². The van der Waals surface area contributed by atoms with Gasteiger partial charge in [0.15, 0.2) is 0 Å². The number of aliphatic hydroxyl groups excluding tert-OH is 1. The Morgan fingerprint density at radius 1 is 0.818 bits per heavy atom. The van der Waals surface area contributed by atoms with E-state index in [2.05, 4.69) is 69.0 Å². The molecule has 0 aliphatic carbocycles. The molecule has 7 rings (SSSR count). The molecule has 0 saturated carbocycles. The van der Waals surface area contributed by atoms with E-state index in [1.54, 1.807) is 6.26 Å². The zero-order chi connectivity index (χ0) is 30.5. The highest BCUT2D eigenvalue weighted by Crippen LogP contribution is 2.41. The number of aliphatic hydroxyl groups is 1. The maximum absolute atomic E-state index is 12.3. The molecule has 0 spiro atoms. The number of aromatic nitrogens is 2. The van der Waals surface area contributed by atoms with Gasteiger partial charge in [-0.3, -0.25) is 9.19 Å². The first kappa shape index (κ1) is 31.1. The summed E-state index contributed by atoms with van der Waals surface area (Å²) in [6.45, 7) is 3.15. The van der Waals surface area contributed by atoms with Crippen molar-refractivity contribution in [1.29, 1.82) is 0 Å². The van der Waals surface area contributed by atoms with Crippen LogP contribution in [0.4, 0.5) is 0 Å². The average molecular weight is 676 g/mol. The van der Waals surface area contributed by atoms with Gasteiger partial charge in [0.1, 0.15) is 0 Å². The van der Waals surface area contributed by atoms with Crippen molar-refractivity contribution in [2.24, 2.45) is 11.8 Å². The van der Waals surface area contributed by atoms with Gasteiger partial charge in [-0.25, -0.2) is 0 Å². The van der Waals surface area contributed by atoms with Crippen LogP contribution >= 0.6 is 15.9 Å². The van der Waals surface area contributed by atoms with Gasteiger partial charge in [0.25, 0.3) is 0 Å². The number of hydrogen-bond acceptors (Lipinski definition) is 5. The number of halogens is 1. The van der Waals surface area contributed by atoms with Gasteiger partial charge >= 0.3 is 0 Å². The molecule has 8 heteroatoms. The Hall–Kier alpha value is -2.88. The summed E-state index contributed by atoms with van der Waals surface area (Å²) in [6, 6.07) is 29.0. The fourth-order valence-corrected chi connectivity index (χ4v) is 7.46. The molecule has 0 bridgehead atoms. The summed E-state index contributed by atoms with van der Waals surface area (Å²) in [6.07, 6.45) is 7.23. The molecule has 1 N–H and O–H groups in total. The third-order valence-electron chi connectivity index (χ3n) is 8.89. The molecule has 0 amide bonds. The van der Waals surface area contributed by atoms with Crippen molar-refractivity contribution in [2.45, 2.75) is 42.7 Å². The van der Waals surface area contributed by atoms with Crippen LogP contribution in [0.2, 0.25) is 0 Å². The Balaban J connectivity index is 0.000000205. The first-order chi connectivity index (χ1) is 21.5. The molecule has 3 atom stereocenters. The maximum atomic E-state index is 12.3. The highest BCUT2D eigenvalue weighted by Gasteiger charge is 2.30. The highest BCUT2D eigenvalue weighted by atomic mass is 79.9. The normalized spacial score (nSPS) is 18.4. The predicted octanol–water partition coefficient (Wildman–Crippen LogP) is 7.85. The van der Waals surface area contributed by atoms with Gasteiger partial charge in [0.2, 0.25) is 0 Å². The van der Waals surface area contributed by atoms with E-state index in [0.29, 0.717) is 11.8 Å². The number of hydrogen-bond donors (Lipinski definition) is 1. The molecular formula is C36H39BrN2O4S. The number of ether oxygens (including phenoxy) is 2. The Bertz CT molecular complexity index is 1700. The highest BCUT2D eigenvalue weighted by molar-refractivity contribution is 9.10. The first-order valence-corrected chi connectivity index (χ1v) is 17.7. The lowest BCUT2D eigenvalue weighted by Gasteiger charge is -2.33. The number of benzene rings is 3. The molecule has 1 unspecified atom stereocenters. The zero-order valence-corrected chi connectivity index (χ0v) is 27.4. The van der Waals surface area contributed by atoms with Gasteiger partial charge in [-0.15, -0.1) is 0 Å². The lowest BCUT2D eigenvalue weighted by molar-refractivity contribution is 0.00719. The smallest absolute Gasteiger partial charge is 0.0960 e. The topological polar surface area (TPSA) is 73.6 Å². The van der Waals surface area contributed by atoms with Crippen LogP contribution in [0.3, 0.4) is 0 Å². The molecule has 2 fully saturated rings. The van der Waals surface area contributed by atoms with Crippen molar-refractivity contribution in [3.8, 4) is 0 Å². The third kappa shape index (κ3) is 6.85. The van der Waals surface area contributed by atoms with E-state index < -0.39 is 10.8 Å². The Morgan fingerprint density at radius 2 is 1.41 bits per heavy atom. The summed E-state index contributed by atoms with van der Waals surface area (Å²) in [5, 5.41) is 11.2. The molecule has 3 aromatic carbocycles. The number of pyridine rings is 1. The molecule has 5 aromatic rings. The van der Waals surface area contributed by atoms with E-state index in [1.165, 1.54) is 5.56 Å². The predicted molar refractivity (Wildman–Crippen MR) is 180 cm³/mol. The van der Waals surface area contributed by atoms with Gasteiger partial charge in [-0.1, -0.05) is 60.7 Å². The van der Waals surface area contributed by atoms with Gasteiger partial charge in [0, 0.05) is 64.4 Å². The van der Waals surface area contributed by atoms with Crippen molar-refractivity contribution < 1.29 is 18.8 Å². The average Bonchev–Trinajstić information content (AvgIpc) is 3.39. The Labute approximate surface area is 270 Å². The van der Waals surface area contributed by atoms with Crippen LogP contribution in [-0.4, -0.2) is 51.5 Å². The SMILES string of the molecule is CS(=O)c1ccc2c3ncc(Br)cc3n([C@H](c3ccccc3)C3CCOCC3)c2c1.O[C@@H](c1ccccc1)C1CCOCC1. The van der Waals surface area contributed by atoms with Crippen LogP contribution < -0.4 is 0 Å². The summed E-state index contributed by atoms with van der Waals surface area (Å²) < 4.78 is 26.6. The fourth-order valence-electron chi connectivity index (χ4n) is 6.61. The maximum Gasteiger partial charge on any atom is 0.0960 e. The molecule has 44 heavy (non-hydrogen) atoms. The van der Waals surface area contributed by atoms with Crippen LogP contribution in [0.5, 0.6) is 0 Å². The van der Waals surface area contributed by atoms with E-state index in [0.717, 1.165) is 89.0 Å². The molecule has 230 valence electrons. The second-order valence-corrected chi connectivity index (χ2v) is 13.9. The minimum atomic E-state index is -1.04. The minimum absolute atomic E-state index is 0.159. The third-order valence-corrected chi connectivity index (χ3v) is 10.2. The second-order valence-electron chi connectivity index (χ2n) is 11.6. The van der Waals surface area contributed by atoms with Crippen molar-refractivity contribution >= 4 is 48.7 Å². The van der Waals surface area contributed by atoms with Gasteiger partial charge < -0.3 is 19.1 Å². The fraction of sp³-hybridized carbons (Fsp3) is 0.361. The summed E-state index contributed by atoms with van der Waals surface area (Å²) >= 11 is 3.62. The molecule has 6 nitrogen and oxygen atoms in total. The Morgan fingerprint density at radius 3 is 2.02 bits per heavy atom. The lowest BCUT2D eigenvalue weighted by atomic mass is 9.86. The van der Waals surface area contributed by atoms with Crippen LogP contribution in [0, 0.1) is 11.8 Å². The first-order valence-electron chi connectivity index (χ1n) is 15.4. The van der Waals surface area contributed by atoms with E-state index in [4.69, 9.17) is 14.5 Å². The van der Waals surface area contributed by atoms with E-state index in [9.17, 15) is 9.32 Å². The number of rotatable bonds is 6. The van der Waals surface area contributed by atoms with Crippen molar-refractivity contribution in [3.63, 3.8) is 0 Å². The van der Waals surface area contributed by atoms with Crippen molar-refractivity contribution in [1.82, 2.24) is 9.55 Å². The van der Waals surface area contributed by atoms with Crippen LogP contribution in [0.15, 0.2) is 100 Å². The Kier molecular flexibility index (Phi) is 10.2. The molecule has 2 aliphatic rings. The largest absolute Gasteiger partial charge is 0.388 e. The minimum Gasteiger partial charge on any atom is -0.388 e. The van der Waals surface area contributed by atoms with E-state index >= 15 is 0 Å². The standard InChI is InChI=1S/C24H23BrN2O2S.C12H16O2/c1-30(28)19-7-8-20-21(14-19)27(22-13-18(25)15-26-23(20)22)24(16-5-3-2-4-6-16)17-9-11-29-12-10-17;13-12(10-4-2-1-3-5-10)11-6-8-14-9-7-11/h2-8,13-15,17,24H,9-12H2,1H3;1-5,11-13H,6-9H2/t24-,30?;12-/m10/s1. The zero-order valence-electron chi connectivity index (χ0n) is 25.0.